The van der Waals surface area contributed by atoms with Crippen LogP contribution in [0, 0.1) is 0 Å². The first-order valence-corrected chi connectivity index (χ1v) is 9.10. The Morgan fingerprint density at radius 1 is 1.29 bits per heavy atom. The third-order valence-electron chi connectivity index (χ3n) is 3.27. The van der Waals surface area contributed by atoms with Crippen molar-refractivity contribution in [1.82, 2.24) is 4.98 Å². The molecule has 0 atom stereocenters. The SMILES string of the molecule is CCCCCOc1c(Cl)cc(-c2nc(C(=O)O)cs2)cc1OCC. The van der Waals surface area contributed by atoms with Crippen LogP contribution < -0.4 is 9.47 Å². The fourth-order valence-electron chi connectivity index (χ4n) is 2.13. The molecule has 0 aliphatic heterocycles. The molecule has 0 radical (unpaired) electrons. The van der Waals surface area contributed by atoms with Gasteiger partial charge in [-0.3, -0.25) is 0 Å². The van der Waals surface area contributed by atoms with E-state index in [9.17, 15) is 4.79 Å². The van der Waals surface area contributed by atoms with Crippen LogP contribution in [-0.4, -0.2) is 29.3 Å². The van der Waals surface area contributed by atoms with E-state index in [0.29, 0.717) is 40.3 Å². The van der Waals surface area contributed by atoms with Crippen LogP contribution in [0.4, 0.5) is 0 Å². The topological polar surface area (TPSA) is 68.7 Å². The lowest BCUT2D eigenvalue weighted by atomic mass is 10.2. The number of aromatic nitrogens is 1. The van der Waals surface area contributed by atoms with Crippen molar-refractivity contribution in [3.05, 3.63) is 28.2 Å². The van der Waals surface area contributed by atoms with Gasteiger partial charge in [0.1, 0.15) is 5.01 Å². The summed E-state index contributed by atoms with van der Waals surface area (Å²) in [5, 5.41) is 11.5. The van der Waals surface area contributed by atoms with Crippen molar-refractivity contribution in [3.8, 4) is 22.1 Å². The van der Waals surface area contributed by atoms with Crippen LogP contribution in [-0.2, 0) is 0 Å². The second kappa shape index (κ2) is 8.89. The Bertz CT molecular complexity index is 702. The number of carbonyl (C=O) groups is 1. The van der Waals surface area contributed by atoms with Gasteiger partial charge in [0.15, 0.2) is 17.2 Å². The maximum Gasteiger partial charge on any atom is 0.355 e. The van der Waals surface area contributed by atoms with Crippen LogP contribution in [0.5, 0.6) is 11.5 Å². The van der Waals surface area contributed by atoms with Crippen molar-refractivity contribution in [2.45, 2.75) is 33.1 Å². The van der Waals surface area contributed by atoms with E-state index in [1.54, 1.807) is 12.1 Å². The molecule has 0 aliphatic rings. The Hall–Kier alpha value is -1.79. The molecule has 0 bridgehead atoms. The van der Waals surface area contributed by atoms with Gasteiger partial charge in [-0.05, 0) is 25.5 Å². The molecule has 1 heterocycles. The van der Waals surface area contributed by atoms with E-state index in [4.69, 9.17) is 26.2 Å². The number of hydrogen-bond donors (Lipinski definition) is 1. The number of benzene rings is 1. The highest BCUT2D eigenvalue weighted by atomic mass is 35.5. The highest BCUT2D eigenvalue weighted by molar-refractivity contribution is 7.13. The van der Waals surface area contributed by atoms with Crippen LogP contribution in [0.15, 0.2) is 17.5 Å². The quantitative estimate of drug-likeness (QED) is 0.620. The Labute approximate surface area is 150 Å². The van der Waals surface area contributed by atoms with Crippen LogP contribution in [0.25, 0.3) is 10.6 Å². The zero-order valence-electron chi connectivity index (χ0n) is 13.7. The molecule has 130 valence electrons. The van der Waals surface area contributed by atoms with Crippen molar-refractivity contribution in [1.29, 1.82) is 0 Å². The summed E-state index contributed by atoms with van der Waals surface area (Å²) in [4.78, 5) is 15.1. The molecular formula is C17H20ClNO4S. The third kappa shape index (κ3) is 4.61. The highest BCUT2D eigenvalue weighted by Gasteiger charge is 2.16. The number of carboxylic acid groups (broad SMARTS) is 1. The number of halogens is 1. The van der Waals surface area contributed by atoms with Crippen molar-refractivity contribution in [2.24, 2.45) is 0 Å². The average molecular weight is 370 g/mol. The number of ether oxygens (including phenoxy) is 2. The minimum Gasteiger partial charge on any atom is -0.490 e. The fourth-order valence-corrected chi connectivity index (χ4v) is 3.17. The normalized spacial score (nSPS) is 10.6. The summed E-state index contributed by atoms with van der Waals surface area (Å²) in [6.07, 6.45) is 3.16. The van der Waals surface area contributed by atoms with E-state index in [1.807, 2.05) is 6.92 Å². The first-order chi connectivity index (χ1) is 11.6. The average Bonchev–Trinajstić information content (AvgIpc) is 3.04. The number of carboxylic acids is 1. The molecular weight excluding hydrogens is 350 g/mol. The molecule has 0 fully saturated rings. The Balaban J connectivity index is 2.29. The fraction of sp³-hybridized carbons (Fsp3) is 0.412. The lowest BCUT2D eigenvalue weighted by Gasteiger charge is -2.14. The Morgan fingerprint density at radius 2 is 2.08 bits per heavy atom. The maximum absolute atomic E-state index is 11.0. The van der Waals surface area contributed by atoms with Gasteiger partial charge in [-0.1, -0.05) is 31.4 Å². The molecule has 24 heavy (non-hydrogen) atoms. The number of hydrogen-bond acceptors (Lipinski definition) is 5. The van der Waals surface area contributed by atoms with Crippen molar-refractivity contribution in [2.75, 3.05) is 13.2 Å². The van der Waals surface area contributed by atoms with Gasteiger partial charge >= 0.3 is 5.97 Å². The van der Waals surface area contributed by atoms with Crippen LogP contribution >= 0.6 is 22.9 Å². The predicted octanol–water partition coefficient (Wildman–Crippen LogP) is 5.13. The van der Waals surface area contributed by atoms with Gasteiger partial charge in [0.25, 0.3) is 0 Å². The third-order valence-corrected chi connectivity index (χ3v) is 4.45. The predicted molar refractivity (Wildman–Crippen MR) is 95.7 cm³/mol. The van der Waals surface area contributed by atoms with Gasteiger partial charge in [-0.15, -0.1) is 11.3 Å². The lowest BCUT2D eigenvalue weighted by Crippen LogP contribution is -2.02. The molecule has 2 aromatic rings. The minimum absolute atomic E-state index is 0.0176. The summed E-state index contributed by atoms with van der Waals surface area (Å²) < 4.78 is 11.4. The standard InChI is InChI=1S/C17H20ClNO4S/c1-3-5-6-7-23-15-12(18)8-11(9-14(15)22-4-2)16-19-13(10-24-16)17(20)21/h8-10H,3-7H2,1-2H3,(H,20,21). The zero-order chi connectivity index (χ0) is 17.5. The second-order valence-corrected chi connectivity index (χ2v) is 6.38. The number of unbranched alkanes of at least 4 members (excludes halogenated alkanes) is 2. The summed E-state index contributed by atoms with van der Waals surface area (Å²) in [7, 11) is 0. The van der Waals surface area contributed by atoms with E-state index in [-0.39, 0.29) is 5.69 Å². The van der Waals surface area contributed by atoms with E-state index in [1.165, 1.54) is 16.7 Å². The van der Waals surface area contributed by atoms with Gasteiger partial charge < -0.3 is 14.6 Å². The summed E-state index contributed by atoms with van der Waals surface area (Å²) in [5.74, 6) is 0.0152. The molecule has 5 nitrogen and oxygen atoms in total. The van der Waals surface area contributed by atoms with E-state index in [2.05, 4.69) is 11.9 Å². The number of rotatable bonds is 9. The van der Waals surface area contributed by atoms with Gasteiger partial charge in [0, 0.05) is 10.9 Å². The number of nitrogens with zero attached hydrogens (tertiary/aromatic N) is 1. The lowest BCUT2D eigenvalue weighted by molar-refractivity contribution is 0.0691. The Morgan fingerprint density at radius 3 is 2.71 bits per heavy atom. The molecule has 1 aromatic carbocycles. The van der Waals surface area contributed by atoms with E-state index < -0.39 is 5.97 Å². The van der Waals surface area contributed by atoms with Gasteiger partial charge in [-0.2, -0.15) is 0 Å². The highest BCUT2D eigenvalue weighted by Crippen LogP contribution is 2.40. The molecule has 0 amide bonds. The molecule has 0 saturated heterocycles. The first kappa shape index (κ1) is 18.5. The molecule has 1 N–H and O–H groups in total. The Kier molecular flexibility index (Phi) is 6.87. The molecule has 0 unspecified atom stereocenters. The molecule has 1 aromatic heterocycles. The van der Waals surface area contributed by atoms with Crippen LogP contribution in [0.3, 0.4) is 0 Å². The maximum atomic E-state index is 11.0. The number of thiazole rings is 1. The smallest absolute Gasteiger partial charge is 0.355 e. The molecule has 0 spiro atoms. The monoisotopic (exact) mass is 369 g/mol. The largest absolute Gasteiger partial charge is 0.490 e. The van der Waals surface area contributed by atoms with Crippen LogP contribution in [0.2, 0.25) is 5.02 Å². The van der Waals surface area contributed by atoms with Gasteiger partial charge in [-0.25, -0.2) is 9.78 Å². The van der Waals surface area contributed by atoms with Crippen molar-refractivity contribution in [3.63, 3.8) is 0 Å². The van der Waals surface area contributed by atoms with Crippen molar-refractivity contribution >= 4 is 28.9 Å². The zero-order valence-corrected chi connectivity index (χ0v) is 15.2. The van der Waals surface area contributed by atoms with Crippen LogP contribution in [0.1, 0.15) is 43.6 Å². The molecule has 2 rings (SSSR count). The summed E-state index contributed by atoms with van der Waals surface area (Å²) in [6.45, 7) is 5.07. The van der Waals surface area contributed by atoms with E-state index >= 15 is 0 Å². The molecule has 0 aliphatic carbocycles. The summed E-state index contributed by atoms with van der Waals surface area (Å²) in [5.41, 5.74) is 0.728. The van der Waals surface area contributed by atoms with Gasteiger partial charge in [0.2, 0.25) is 0 Å². The molecule has 0 saturated carbocycles. The number of aromatic carboxylic acids is 1. The van der Waals surface area contributed by atoms with Gasteiger partial charge in [0.05, 0.1) is 18.2 Å². The minimum atomic E-state index is -1.05. The van der Waals surface area contributed by atoms with E-state index in [0.717, 1.165) is 19.3 Å². The van der Waals surface area contributed by atoms with Crippen molar-refractivity contribution < 1.29 is 19.4 Å². The first-order valence-electron chi connectivity index (χ1n) is 7.85. The molecule has 7 heteroatoms. The summed E-state index contributed by atoms with van der Waals surface area (Å²) in [6, 6.07) is 3.51. The summed E-state index contributed by atoms with van der Waals surface area (Å²) >= 11 is 7.61. The second-order valence-electron chi connectivity index (χ2n) is 5.12.